The van der Waals surface area contributed by atoms with Gasteiger partial charge in [0.05, 0.1) is 32.4 Å². The standard InChI is InChI=1S/C16H20N2O5S/c1-5-23-15(20)12-8(2)17-16(24)18-13(12)9-6-10(21-3)14(19)11(7-9)22-4/h6-7,13,19H,5H2,1-4H3,(H2,17,18,24)/t13-/m0/s1. The monoisotopic (exact) mass is 352 g/mol. The lowest BCUT2D eigenvalue weighted by Crippen LogP contribution is -2.45. The van der Waals surface area contributed by atoms with E-state index < -0.39 is 12.0 Å². The van der Waals surface area contributed by atoms with Crippen molar-refractivity contribution in [2.24, 2.45) is 0 Å². The van der Waals surface area contributed by atoms with Gasteiger partial charge in [0.25, 0.3) is 0 Å². The molecule has 130 valence electrons. The van der Waals surface area contributed by atoms with Gasteiger partial charge in [-0.1, -0.05) is 0 Å². The summed E-state index contributed by atoms with van der Waals surface area (Å²) in [5.74, 6) is -0.0971. The molecular formula is C16H20N2O5S. The Bertz CT molecular complexity index is 677. The van der Waals surface area contributed by atoms with Gasteiger partial charge in [-0.2, -0.15) is 0 Å². The zero-order valence-electron chi connectivity index (χ0n) is 13.9. The summed E-state index contributed by atoms with van der Waals surface area (Å²) >= 11 is 5.19. The topological polar surface area (TPSA) is 89.1 Å². The lowest BCUT2D eigenvalue weighted by molar-refractivity contribution is -0.139. The summed E-state index contributed by atoms with van der Waals surface area (Å²) in [7, 11) is 2.87. The summed E-state index contributed by atoms with van der Waals surface area (Å²) in [6.45, 7) is 3.75. The van der Waals surface area contributed by atoms with Crippen molar-refractivity contribution in [3.63, 3.8) is 0 Å². The van der Waals surface area contributed by atoms with Crippen molar-refractivity contribution in [2.45, 2.75) is 19.9 Å². The maximum Gasteiger partial charge on any atom is 0.338 e. The summed E-state index contributed by atoms with van der Waals surface area (Å²) in [5, 5.41) is 16.4. The number of hydrogen-bond donors (Lipinski definition) is 3. The highest BCUT2D eigenvalue weighted by Gasteiger charge is 2.32. The number of phenolic OH excluding ortho intramolecular Hbond substituents is 1. The number of phenols is 1. The van der Waals surface area contributed by atoms with Gasteiger partial charge < -0.3 is 30.0 Å². The van der Waals surface area contributed by atoms with Crippen molar-refractivity contribution >= 4 is 23.3 Å². The van der Waals surface area contributed by atoms with Gasteiger partial charge in [0.15, 0.2) is 16.6 Å². The fraction of sp³-hybridized carbons (Fsp3) is 0.375. The van der Waals surface area contributed by atoms with Gasteiger partial charge in [0, 0.05) is 5.70 Å². The molecule has 0 aromatic heterocycles. The summed E-state index contributed by atoms with van der Waals surface area (Å²) in [6.07, 6.45) is 0. The molecule has 0 fully saturated rings. The van der Waals surface area contributed by atoms with Crippen LogP contribution in [-0.2, 0) is 9.53 Å². The molecule has 0 radical (unpaired) electrons. The van der Waals surface area contributed by atoms with Crippen molar-refractivity contribution in [3.05, 3.63) is 29.0 Å². The maximum atomic E-state index is 12.4. The second kappa shape index (κ2) is 7.39. The molecule has 0 bridgehead atoms. The highest BCUT2D eigenvalue weighted by Crippen LogP contribution is 2.40. The number of carbonyl (C=O) groups is 1. The molecule has 1 heterocycles. The number of aromatic hydroxyl groups is 1. The van der Waals surface area contributed by atoms with Crippen molar-refractivity contribution in [1.82, 2.24) is 10.6 Å². The van der Waals surface area contributed by atoms with Crippen LogP contribution in [0.1, 0.15) is 25.5 Å². The van der Waals surface area contributed by atoms with E-state index in [0.29, 0.717) is 21.9 Å². The van der Waals surface area contributed by atoms with Crippen LogP contribution in [0, 0.1) is 0 Å². The van der Waals surface area contributed by atoms with Gasteiger partial charge in [-0.3, -0.25) is 0 Å². The van der Waals surface area contributed by atoms with Gasteiger partial charge in [-0.05, 0) is 43.8 Å². The van der Waals surface area contributed by atoms with E-state index in [-0.39, 0.29) is 23.9 Å². The first-order valence-corrected chi connectivity index (χ1v) is 7.74. The second-order valence-corrected chi connectivity index (χ2v) is 5.47. The van der Waals surface area contributed by atoms with Gasteiger partial charge in [-0.15, -0.1) is 0 Å². The number of nitrogens with one attached hydrogen (secondary N) is 2. The molecular weight excluding hydrogens is 332 g/mol. The first-order valence-electron chi connectivity index (χ1n) is 7.33. The summed E-state index contributed by atoms with van der Waals surface area (Å²) in [6, 6.07) is 2.69. The Morgan fingerprint density at radius 1 is 1.29 bits per heavy atom. The van der Waals surface area contributed by atoms with Gasteiger partial charge in [-0.25, -0.2) is 4.79 Å². The third-order valence-electron chi connectivity index (χ3n) is 3.60. The molecule has 1 aliphatic heterocycles. The Morgan fingerprint density at radius 2 is 1.88 bits per heavy atom. The van der Waals surface area contributed by atoms with E-state index in [0.717, 1.165) is 0 Å². The molecule has 3 N–H and O–H groups in total. The van der Waals surface area contributed by atoms with Crippen LogP contribution in [0.15, 0.2) is 23.4 Å². The molecule has 0 spiro atoms. The fourth-order valence-corrected chi connectivity index (χ4v) is 2.77. The van der Waals surface area contributed by atoms with Gasteiger partial charge in [0.2, 0.25) is 5.75 Å². The smallest absolute Gasteiger partial charge is 0.338 e. The second-order valence-electron chi connectivity index (χ2n) is 5.06. The Hall–Kier alpha value is -2.48. The molecule has 0 aliphatic carbocycles. The number of carbonyl (C=O) groups excluding carboxylic acids is 1. The third kappa shape index (κ3) is 3.38. The van der Waals surface area contributed by atoms with Crippen LogP contribution < -0.4 is 20.1 Å². The van der Waals surface area contributed by atoms with Crippen LogP contribution in [0.5, 0.6) is 17.2 Å². The molecule has 1 aliphatic rings. The lowest BCUT2D eigenvalue weighted by atomic mass is 9.95. The van der Waals surface area contributed by atoms with Crippen molar-refractivity contribution in [3.8, 4) is 17.2 Å². The quantitative estimate of drug-likeness (QED) is 0.546. The van der Waals surface area contributed by atoms with Gasteiger partial charge in [0.1, 0.15) is 0 Å². The Kier molecular flexibility index (Phi) is 5.50. The molecule has 1 aromatic carbocycles. The van der Waals surface area contributed by atoms with Crippen molar-refractivity contribution in [2.75, 3.05) is 20.8 Å². The van der Waals surface area contributed by atoms with Crippen LogP contribution in [0.2, 0.25) is 0 Å². The van der Waals surface area contributed by atoms with E-state index in [1.54, 1.807) is 26.0 Å². The van der Waals surface area contributed by atoms with Crippen LogP contribution in [0.3, 0.4) is 0 Å². The first-order chi connectivity index (χ1) is 11.4. The minimum Gasteiger partial charge on any atom is -0.502 e. The largest absolute Gasteiger partial charge is 0.502 e. The Balaban J connectivity index is 2.57. The number of thiocarbonyl (C=S) groups is 1. The number of rotatable bonds is 5. The molecule has 1 atom stereocenters. The minimum absolute atomic E-state index is 0.112. The van der Waals surface area contributed by atoms with Crippen LogP contribution in [-0.4, -0.2) is 37.0 Å². The normalized spacial score (nSPS) is 17.0. The van der Waals surface area contributed by atoms with Crippen LogP contribution in [0.4, 0.5) is 0 Å². The first kappa shape index (κ1) is 17.9. The van der Waals surface area contributed by atoms with E-state index >= 15 is 0 Å². The van der Waals surface area contributed by atoms with E-state index in [1.807, 2.05) is 0 Å². The minimum atomic E-state index is -0.554. The highest BCUT2D eigenvalue weighted by molar-refractivity contribution is 7.80. The highest BCUT2D eigenvalue weighted by atomic mass is 32.1. The number of allylic oxidation sites excluding steroid dienone is 1. The van der Waals surface area contributed by atoms with Crippen LogP contribution in [0.25, 0.3) is 0 Å². The zero-order valence-corrected chi connectivity index (χ0v) is 14.7. The number of esters is 1. The molecule has 0 saturated carbocycles. The predicted octanol–water partition coefficient (Wildman–Crippen LogP) is 1.77. The maximum absolute atomic E-state index is 12.4. The summed E-state index contributed by atoms with van der Waals surface area (Å²) in [4.78, 5) is 12.4. The molecule has 0 saturated heterocycles. The van der Waals surface area contributed by atoms with E-state index in [2.05, 4.69) is 10.6 Å². The van der Waals surface area contributed by atoms with E-state index in [4.69, 9.17) is 26.4 Å². The van der Waals surface area contributed by atoms with E-state index in [9.17, 15) is 9.90 Å². The fourth-order valence-electron chi connectivity index (χ4n) is 2.50. The molecule has 0 amide bonds. The summed E-state index contributed by atoms with van der Waals surface area (Å²) < 4.78 is 15.5. The molecule has 2 rings (SSSR count). The van der Waals surface area contributed by atoms with Crippen molar-refractivity contribution < 1.29 is 24.1 Å². The molecule has 0 unspecified atom stereocenters. The van der Waals surface area contributed by atoms with Gasteiger partial charge >= 0.3 is 5.97 Å². The molecule has 8 heteroatoms. The van der Waals surface area contributed by atoms with Crippen molar-refractivity contribution in [1.29, 1.82) is 0 Å². The third-order valence-corrected chi connectivity index (χ3v) is 3.82. The summed E-state index contributed by atoms with van der Waals surface area (Å²) in [5.41, 5.74) is 1.65. The average molecular weight is 352 g/mol. The molecule has 1 aromatic rings. The predicted molar refractivity (Wildman–Crippen MR) is 92.2 cm³/mol. The SMILES string of the molecule is CCOC(=O)C1=C(C)NC(=S)N[C@H]1c1cc(OC)c(O)c(OC)c1. The van der Waals surface area contributed by atoms with Crippen LogP contribution >= 0.6 is 12.2 Å². The van der Waals surface area contributed by atoms with E-state index in [1.165, 1.54) is 14.2 Å². The number of hydrogen-bond acceptors (Lipinski definition) is 6. The number of methoxy groups -OCH3 is 2. The Labute approximate surface area is 145 Å². The zero-order chi connectivity index (χ0) is 17.9. The number of benzene rings is 1. The number of ether oxygens (including phenoxy) is 3. The average Bonchev–Trinajstić information content (AvgIpc) is 2.54. The molecule has 24 heavy (non-hydrogen) atoms. The Morgan fingerprint density at radius 3 is 2.38 bits per heavy atom. The lowest BCUT2D eigenvalue weighted by Gasteiger charge is -2.30. The molecule has 7 nitrogen and oxygen atoms in total.